The maximum absolute atomic E-state index is 5.98. The second-order valence-corrected chi connectivity index (χ2v) is 5.54. The molecule has 1 atom stereocenters. The van der Waals surface area contributed by atoms with E-state index in [2.05, 4.69) is 53.8 Å². The normalized spacial score (nSPS) is 12.8. The number of rotatable bonds is 5. The minimum Gasteiger partial charge on any atom is -0.459 e. The molecule has 2 aromatic rings. The van der Waals surface area contributed by atoms with Crippen molar-refractivity contribution < 1.29 is 4.42 Å². The summed E-state index contributed by atoms with van der Waals surface area (Å²) >= 11 is 3.36. The molecular formula is C15H18BrNO. The van der Waals surface area contributed by atoms with Crippen LogP contribution in [0.3, 0.4) is 0 Å². The van der Waals surface area contributed by atoms with Crippen molar-refractivity contribution in [3.8, 4) is 0 Å². The quantitative estimate of drug-likeness (QED) is 0.876. The first-order chi connectivity index (χ1) is 8.63. The third-order valence-corrected chi connectivity index (χ3v) is 3.36. The molecule has 0 amide bonds. The Morgan fingerprint density at radius 3 is 2.83 bits per heavy atom. The average Bonchev–Trinajstić information content (AvgIpc) is 2.74. The average molecular weight is 308 g/mol. The smallest absolute Gasteiger partial charge is 0.134 e. The minimum atomic E-state index is 0.182. The number of fused-ring (bicyclic) bond motifs is 1. The molecule has 0 bridgehead atoms. The fraction of sp³-hybridized carbons (Fsp3) is 0.333. The van der Waals surface area contributed by atoms with Gasteiger partial charge < -0.3 is 9.73 Å². The topological polar surface area (TPSA) is 25.2 Å². The van der Waals surface area contributed by atoms with Crippen LogP contribution in [0.1, 0.15) is 31.2 Å². The summed E-state index contributed by atoms with van der Waals surface area (Å²) in [5.74, 6) is 1.03. The zero-order valence-corrected chi connectivity index (χ0v) is 12.4. The molecule has 1 unspecified atom stereocenters. The highest BCUT2D eigenvalue weighted by Crippen LogP contribution is 2.30. The Labute approximate surface area is 116 Å². The van der Waals surface area contributed by atoms with E-state index >= 15 is 0 Å². The lowest BCUT2D eigenvalue weighted by molar-refractivity contribution is 0.459. The van der Waals surface area contributed by atoms with Gasteiger partial charge in [0.1, 0.15) is 11.3 Å². The van der Waals surface area contributed by atoms with Crippen LogP contribution in [0.15, 0.2) is 39.7 Å². The Kier molecular flexibility index (Phi) is 4.25. The molecule has 1 heterocycles. The summed E-state index contributed by atoms with van der Waals surface area (Å²) in [6.45, 7) is 8.85. The summed E-state index contributed by atoms with van der Waals surface area (Å²) in [5.41, 5.74) is 2.27. The van der Waals surface area contributed by atoms with E-state index in [1.807, 2.05) is 12.1 Å². The molecule has 0 saturated heterocycles. The highest BCUT2D eigenvalue weighted by Gasteiger charge is 2.17. The van der Waals surface area contributed by atoms with Gasteiger partial charge in [-0.05, 0) is 19.4 Å². The molecule has 0 saturated carbocycles. The van der Waals surface area contributed by atoms with Gasteiger partial charge >= 0.3 is 0 Å². The number of hydrogen-bond donors (Lipinski definition) is 1. The molecule has 3 heteroatoms. The van der Waals surface area contributed by atoms with Crippen LogP contribution in [0, 0.1) is 0 Å². The van der Waals surface area contributed by atoms with Gasteiger partial charge in [-0.1, -0.05) is 47.6 Å². The van der Waals surface area contributed by atoms with Gasteiger partial charge in [-0.25, -0.2) is 0 Å². The van der Waals surface area contributed by atoms with Crippen molar-refractivity contribution in [1.29, 1.82) is 0 Å². The Morgan fingerprint density at radius 1 is 1.44 bits per heavy atom. The number of para-hydroxylation sites is 1. The SMILES string of the molecule is C=C(Br)CNC(C)c1oc2ccccc2c1CC. The van der Waals surface area contributed by atoms with Gasteiger partial charge in [0.15, 0.2) is 0 Å². The summed E-state index contributed by atoms with van der Waals surface area (Å²) in [7, 11) is 0. The molecule has 0 aliphatic carbocycles. The van der Waals surface area contributed by atoms with Crippen molar-refractivity contribution in [2.45, 2.75) is 26.3 Å². The fourth-order valence-electron chi connectivity index (χ4n) is 2.19. The molecule has 0 aliphatic heterocycles. The summed E-state index contributed by atoms with van der Waals surface area (Å²) in [6.07, 6.45) is 0.980. The summed E-state index contributed by atoms with van der Waals surface area (Å²) in [6, 6.07) is 8.39. The number of aryl methyl sites for hydroxylation is 1. The fourth-order valence-corrected chi connectivity index (χ4v) is 2.35. The van der Waals surface area contributed by atoms with E-state index in [0.717, 1.165) is 28.8 Å². The highest BCUT2D eigenvalue weighted by atomic mass is 79.9. The van der Waals surface area contributed by atoms with E-state index in [1.54, 1.807) is 0 Å². The molecule has 0 radical (unpaired) electrons. The first-order valence-electron chi connectivity index (χ1n) is 6.20. The van der Waals surface area contributed by atoms with Gasteiger partial charge in [-0.3, -0.25) is 0 Å². The summed E-state index contributed by atoms with van der Waals surface area (Å²) < 4.78 is 6.92. The lowest BCUT2D eigenvalue weighted by atomic mass is 10.1. The number of nitrogens with one attached hydrogen (secondary N) is 1. The summed E-state index contributed by atoms with van der Waals surface area (Å²) in [4.78, 5) is 0. The van der Waals surface area contributed by atoms with Crippen molar-refractivity contribution in [2.75, 3.05) is 6.54 Å². The van der Waals surface area contributed by atoms with E-state index < -0.39 is 0 Å². The Morgan fingerprint density at radius 2 is 2.17 bits per heavy atom. The highest BCUT2D eigenvalue weighted by molar-refractivity contribution is 9.11. The number of hydrogen-bond acceptors (Lipinski definition) is 2. The molecule has 0 aliphatic rings. The molecule has 18 heavy (non-hydrogen) atoms. The van der Waals surface area contributed by atoms with E-state index in [0.29, 0.717) is 0 Å². The van der Waals surface area contributed by atoms with Gasteiger partial charge in [0.2, 0.25) is 0 Å². The van der Waals surface area contributed by atoms with E-state index in [9.17, 15) is 0 Å². The molecule has 96 valence electrons. The maximum Gasteiger partial charge on any atom is 0.134 e. The molecule has 1 aromatic heterocycles. The van der Waals surface area contributed by atoms with Crippen molar-refractivity contribution >= 4 is 26.9 Å². The van der Waals surface area contributed by atoms with Crippen LogP contribution < -0.4 is 5.32 Å². The van der Waals surface area contributed by atoms with Crippen molar-refractivity contribution in [3.05, 3.63) is 46.7 Å². The van der Waals surface area contributed by atoms with Crippen LogP contribution in [-0.2, 0) is 6.42 Å². The minimum absolute atomic E-state index is 0.182. The van der Waals surface area contributed by atoms with E-state index in [-0.39, 0.29) is 6.04 Å². The standard InChI is InChI=1S/C15H18BrNO/c1-4-12-13-7-5-6-8-14(13)18-15(12)11(3)17-9-10(2)16/h5-8,11,17H,2,4,9H2,1,3H3. The predicted octanol–water partition coefficient (Wildman–Crippen LogP) is 4.55. The third kappa shape index (κ3) is 2.68. The van der Waals surface area contributed by atoms with Crippen LogP contribution in [0.2, 0.25) is 0 Å². The lowest BCUT2D eigenvalue weighted by Crippen LogP contribution is -2.20. The van der Waals surface area contributed by atoms with Crippen molar-refractivity contribution in [3.63, 3.8) is 0 Å². The zero-order valence-electron chi connectivity index (χ0n) is 10.8. The number of furan rings is 1. The number of benzene rings is 1. The van der Waals surface area contributed by atoms with Crippen LogP contribution in [0.5, 0.6) is 0 Å². The molecule has 2 nitrogen and oxygen atoms in total. The monoisotopic (exact) mass is 307 g/mol. The molecule has 0 fully saturated rings. The lowest BCUT2D eigenvalue weighted by Gasteiger charge is -2.12. The summed E-state index contributed by atoms with van der Waals surface area (Å²) in [5, 5.41) is 4.62. The van der Waals surface area contributed by atoms with Gasteiger partial charge in [-0.15, -0.1) is 0 Å². The first kappa shape index (κ1) is 13.4. The Bertz CT molecular complexity index is 559. The zero-order chi connectivity index (χ0) is 13.1. The predicted molar refractivity (Wildman–Crippen MR) is 80.1 cm³/mol. The molecule has 0 spiro atoms. The number of halogens is 1. The second kappa shape index (κ2) is 5.72. The van der Waals surface area contributed by atoms with Crippen LogP contribution in [-0.4, -0.2) is 6.54 Å². The Hall–Kier alpha value is -1.06. The Balaban J connectivity index is 2.34. The van der Waals surface area contributed by atoms with Crippen molar-refractivity contribution in [1.82, 2.24) is 5.32 Å². The van der Waals surface area contributed by atoms with Crippen molar-refractivity contribution in [2.24, 2.45) is 0 Å². The largest absolute Gasteiger partial charge is 0.459 e. The van der Waals surface area contributed by atoms with Gasteiger partial charge in [0, 0.05) is 22.0 Å². The third-order valence-electron chi connectivity index (χ3n) is 3.08. The van der Waals surface area contributed by atoms with Crippen LogP contribution in [0.4, 0.5) is 0 Å². The van der Waals surface area contributed by atoms with Gasteiger partial charge in [0.25, 0.3) is 0 Å². The first-order valence-corrected chi connectivity index (χ1v) is 6.99. The van der Waals surface area contributed by atoms with E-state index in [4.69, 9.17) is 4.42 Å². The molecule has 1 N–H and O–H groups in total. The van der Waals surface area contributed by atoms with Gasteiger partial charge in [0.05, 0.1) is 6.04 Å². The molecule has 1 aromatic carbocycles. The maximum atomic E-state index is 5.98. The molecular weight excluding hydrogens is 290 g/mol. The molecule has 2 rings (SSSR count). The second-order valence-electron chi connectivity index (χ2n) is 4.41. The van der Waals surface area contributed by atoms with Gasteiger partial charge in [-0.2, -0.15) is 0 Å². The van der Waals surface area contributed by atoms with Crippen LogP contribution in [0.25, 0.3) is 11.0 Å². The van der Waals surface area contributed by atoms with Crippen LogP contribution >= 0.6 is 15.9 Å². The van der Waals surface area contributed by atoms with E-state index in [1.165, 1.54) is 10.9 Å².